The maximum Gasteiger partial charge on any atom is 0.125 e. The molecule has 5 heteroatoms. The van der Waals surface area contributed by atoms with E-state index in [1.807, 2.05) is 38.1 Å². The van der Waals surface area contributed by atoms with Crippen LogP contribution >= 0.6 is 11.5 Å². The van der Waals surface area contributed by atoms with Crippen molar-refractivity contribution in [3.8, 4) is 5.75 Å². The molecule has 0 aliphatic heterocycles. The highest BCUT2D eigenvalue weighted by Crippen LogP contribution is 2.32. The first kappa shape index (κ1) is 12.0. The van der Waals surface area contributed by atoms with Gasteiger partial charge in [0.05, 0.1) is 17.2 Å². The largest absolute Gasteiger partial charge is 0.493 e. The molecule has 1 aromatic carbocycles. The average molecular weight is 250 g/mol. The van der Waals surface area contributed by atoms with Crippen molar-refractivity contribution in [3.63, 3.8) is 0 Å². The number of aliphatic hydroxyl groups is 1. The molecule has 0 aliphatic rings. The van der Waals surface area contributed by atoms with Gasteiger partial charge in [-0.05, 0) is 31.4 Å². The van der Waals surface area contributed by atoms with Gasteiger partial charge in [-0.25, -0.2) is 0 Å². The van der Waals surface area contributed by atoms with E-state index in [1.165, 1.54) is 11.5 Å². The van der Waals surface area contributed by atoms with Gasteiger partial charge in [0.25, 0.3) is 0 Å². The van der Waals surface area contributed by atoms with Crippen LogP contribution in [-0.4, -0.2) is 21.3 Å². The van der Waals surface area contributed by atoms with Gasteiger partial charge in [-0.1, -0.05) is 22.7 Å². The third-order valence-corrected chi connectivity index (χ3v) is 3.33. The first-order valence-electron chi connectivity index (χ1n) is 5.42. The smallest absolute Gasteiger partial charge is 0.125 e. The first-order valence-corrected chi connectivity index (χ1v) is 6.20. The lowest BCUT2D eigenvalue weighted by atomic mass is 10.1. The van der Waals surface area contributed by atoms with E-state index < -0.39 is 6.10 Å². The minimum absolute atomic E-state index is 0.573. The number of ether oxygens (including phenoxy) is 1. The standard InChI is InChI=1S/C12H14N2O2S/c1-3-16-10-7-5-4-6-9(10)11(15)12-8(2)13-14-17-12/h4-7,11,15H,3H2,1-2H3. The Morgan fingerprint density at radius 2 is 2.18 bits per heavy atom. The number of benzene rings is 1. The molecule has 0 spiro atoms. The Kier molecular flexibility index (Phi) is 3.71. The van der Waals surface area contributed by atoms with Crippen molar-refractivity contribution >= 4 is 11.5 Å². The summed E-state index contributed by atoms with van der Waals surface area (Å²) in [7, 11) is 0. The van der Waals surface area contributed by atoms with Crippen LogP contribution in [0.2, 0.25) is 0 Å². The van der Waals surface area contributed by atoms with E-state index in [4.69, 9.17) is 4.74 Å². The molecule has 0 saturated heterocycles. The second-order valence-electron chi connectivity index (χ2n) is 3.60. The predicted molar refractivity (Wildman–Crippen MR) is 66.3 cm³/mol. The molecule has 0 amide bonds. The fraction of sp³-hybridized carbons (Fsp3) is 0.333. The second kappa shape index (κ2) is 5.25. The van der Waals surface area contributed by atoms with Crippen molar-refractivity contribution in [2.45, 2.75) is 20.0 Å². The van der Waals surface area contributed by atoms with Crippen molar-refractivity contribution in [3.05, 3.63) is 40.4 Å². The van der Waals surface area contributed by atoms with E-state index in [0.717, 1.165) is 16.1 Å². The topological polar surface area (TPSA) is 55.2 Å². The molecule has 17 heavy (non-hydrogen) atoms. The Morgan fingerprint density at radius 1 is 1.41 bits per heavy atom. The van der Waals surface area contributed by atoms with E-state index in [0.29, 0.717) is 12.4 Å². The van der Waals surface area contributed by atoms with Crippen LogP contribution in [0.4, 0.5) is 0 Å². The van der Waals surface area contributed by atoms with Crippen LogP contribution in [0.5, 0.6) is 5.75 Å². The van der Waals surface area contributed by atoms with E-state index in [2.05, 4.69) is 9.59 Å². The fourth-order valence-electron chi connectivity index (χ4n) is 1.62. The number of para-hydroxylation sites is 1. The summed E-state index contributed by atoms with van der Waals surface area (Å²) in [6.07, 6.45) is -0.724. The number of hydrogen-bond acceptors (Lipinski definition) is 5. The van der Waals surface area contributed by atoms with Gasteiger partial charge in [0.15, 0.2) is 0 Å². The van der Waals surface area contributed by atoms with E-state index in [-0.39, 0.29) is 0 Å². The summed E-state index contributed by atoms with van der Waals surface area (Å²) in [6.45, 7) is 4.33. The van der Waals surface area contributed by atoms with Crippen molar-refractivity contribution in [2.24, 2.45) is 0 Å². The zero-order valence-corrected chi connectivity index (χ0v) is 10.6. The van der Waals surface area contributed by atoms with Gasteiger partial charge in [0.1, 0.15) is 11.9 Å². The summed E-state index contributed by atoms with van der Waals surface area (Å²) >= 11 is 1.21. The van der Waals surface area contributed by atoms with Crippen molar-refractivity contribution in [1.82, 2.24) is 9.59 Å². The van der Waals surface area contributed by atoms with Crippen LogP contribution in [0.25, 0.3) is 0 Å². The number of rotatable bonds is 4. The highest BCUT2D eigenvalue weighted by Gasteiger charge is 2.19. The third kappa shape index (κ3) is 2.45. The molecule has 0 fully saturated rings. The molecular formula is C12H14N2O2S. The van der Waals surface area contributed by atoms with Crippen molar-refractivity contribution in [2.75, 3.05) is 6.61 Å². The van der Waals surface area contributed by atoms with Crippen molar-refractivity contribution < 1.29 is 9.84 Å². The van der Waals surface area contributed by atoms with E-state index >= 15 is 0 Å². The van der Waals surface area contributed by atoms with Crippen molar-refractivity contribution in [1.29, 1.82) is 0 Å². The Bertz CT molecular complexity index is 499. The minimum Gasteiger partial charge on any atom is -0.493 e. The van der Waals surface area contributed by atoms with Gasteiger partial charge in [-0.3, -0.25) is 0 Å². The molecule has 90 valence electrons. The monoisotopic (exact) mass is 250 g/mol. The summed E-state index contributed by atoms with van der Waals surface area (Å²) in [5.41, 5.74) is 1.51. The SMILES string of the molecule is CCOc1ccccc1C(O)c1snnc1C. The molecular weight excluding hydrogens is 236 g/mol. The zero-order valence-electron chi connectivity index (χ0n) is 9.75. The molecule has 2 rings (SSSR count). The Morgan fingerprint density at radius 3 is 2.82 bits per heavy atom. The predicted octanol–water partition coefficient (Wildman–Crippen LogP) is 2.33. The van der Waals surface area contributed by atoms with Crippen LogP contribution < -0.4 is 4.74 Å². The minimum atomic E-state index is -0.724. The van der Waals surface area contributed by atoms with Gasteiger partial charge in [0, 0.05) is 5.56 Å². The highest BCUT2D eigenvalue weighted by atomic mass is 32.1. The first-order chi connectivity index (χ1) is 8.24. The molecule has 0 saturated carbocycles. The number of hydrogen-bond donors (Lipinski definition) is 1. The molecule has 1 aromatic heterocycles. The number of aliphatic hydroxyl groups excluding tert-OH is 1. The highest BCUT2D eigenvalue weighted by molar-refractivity contribution is 7.05. The summed E-state index contributed by atoms with van der Waals surface area (Å²) in [5, 5.41) is 14.2. The number of nitrogens with zero attached hydrogens (tertiary/aromatic N) is 2. The van der Waals surface area contributed by atoms with Gasteiger partial charge < -0.3 is 9.84 Å². The summed E-state index contributed by atoms with van der Waals surface area (Å²) < 4.78 is 9.33. The summed E-state index contributed by atoms with van der Waals surface area (Å²) in [6, 6.07) is 7.48. The Hall–Kier alpha value is -1.46. The van der Waals surface area contributed by atoms with Gasteiger partial charge >= 0.3 is 0 Å². The fourth-order valence-corrected chi connectivity index (χ4v) is 2.27. The number of aromatic nitrogens is 2. The van der Waals surface area contributed by atoms with Crippen LogP contribution in [0, 0.1) is 6.92 Å². The number of aryl methyl sites for hydroxylation is 1. The molecule has 0 radical (unpaired) electrons. The lowest BCUT2D eigenvalue weighted by Crippen LogP contribution is -2.03. The van der Waals surface area contributed by atoms with Crippen LogP contribution in [-0.2, 0) is 0 Å². The van der Waals surface area contributed by atoms with E-state index in [9.17, 15) is 5.11 Å². The Balaban J connectivity index is 2.37. The molecule has 1 heterocycles. The van der Waals surface area contributed by atoms with Gasteiger partial charge in [-0.15, -0.1) is 5.10 Å². The van der Waals surface area contributed by atoms with Crippen LogP contribution in [0.15, 0.2) is 24.3 Å². The quantitative estimate of drug-likeness (QED) is 0.904. The van der Waals surface area contributed by atoms with Crippen LogP contribution in [0.3, 0.4) is 0 Å². The van der Waals surface area contributed by atoms with Gasteiger partial charge in [-0.2, -0.15) is 0 Å². The molecule has 1 unspecified atom stereocenters. The summed E-state index contributed by atoms with van der Waals surface area (Å²) in [5.74, 6) is 0.704. The van der Waals surface area contributed by atoms with Gasteiger partial charge in [0.2, 0.25) is 0 Å². The lowest BCUT2D eigenvalue weighted by Gasteiger charge is -2.14. The average Bonchev–Trinajstić information content (AvgIpc) is 2.76. The normalized spacial score (nSPS) is 12.4. The molecule has 1 N–H and O–H groups in total. The summed E-state index contributed by atoms with van der Waals surface area (Å²) in [4.78, 5) is 0.761. The zero-order chi connectivity index (χ0) is 12.3. The molecule has 0 bridgehead atoms. The molecule has 2 aromatic rings. The maximum absolute atomic E-state index is 10.3. The third-order valence-electron chi connectivity index (χ3n) is 2.45. The molecule has 1 atom stereocenters. The van der Waals surface area contributed by atoms with Crippen LogP contribution in [0.1, 0.15) is 29.2 Å². The second-order valence-corrected chi connectivity index (χ2v) is 4.38. The molecule has 4 nitrogen and oxygen atoms in total. The Labute approximate surface area is 104 Å². The molecule has 0 aliphatic carbocycles. The van der Waals surface area contributed by atoms with E-state index in [1.54, 1.807) is 0 Å². The maximum atomic E-state index is 10.3. The lowest BCUT2D eigenvalue weighted by molar-refractivity contribution is 0.214.